The molecule has 96 valence electrons. The molecule has 0 spiro atoms. The Bertz CT molecular complexity index is 385. The number of rotatable bonds is 5. The number of hydrogen-bond donors (Lipinski definition) is 0. The van der Waals surface area contributed by atoms with Crippen LogP contribution in [0.4, 0.5) is 0 Å². The van der Waals surface area contributed by atoms with Crippen molar-refractivity contribution in [3.8, 4) is 0 Å². The van der Waals surface area contributed by atoms with E-state index in [1.807, 2.05) is 23.1 Å². The third-order valence-electron chi connectivity index (χ3n) is 2.82. The standard InChI is InChI=1S/C15H20N2O/c1-4-7-9-14(8-5-2)16-10-12-17(13-11-16)15(18)6-3/h4-9H,1-3,10-13H2/b9-7-,14-8+. The van der Waals surface area contributed by atoms with Crippen LogP contribution in [-0.4, -0.2) is 41.9 Å². The van der Waals surface area contributed by atoms with Crippen molar-refractivity contribution in [2.24, 2.45) is 0 Å². The highest BCUT2D eigenvalue weighted by atomic mass is 16.2. The number of nitrogens with zero attached hydrogens (tertiary/aromatic N) is 2. The molecular weight excluding hydrogens is 224 g/mol. The predicted octanol–water partition coefficient (Wildman–Crippen LogP) is 2.13. The molecule has 0 saturated carbocycles. The first kappa shape index (κ1) is 14.0. The Morgan fingerprint density at radius 2 is 1.56 bits per heavy atom. The predicted molar refractivity (Wildman–Crippen MR) is 76.0 cm³/mol. The molecule has 0 aromatic carbocycles. The summed E-state index contributed by atoms with van der Waals surface area (Å²) in [7, 11) is 0. The molecular formula is C15H20N2O. The zero-order valence-corrected chi connectivity index (χ0v) is 10.7. The van der Waals surface area contributed by atoms with E-state index in [0.717, 1.165) is 31.9 Å². The first-order valence-electron chi connectivity index (χ1n) is 6.01. The van der Waals surface area contributed by atoms with E-state index in [0.29, 0.717) is 0 Å². The molecule has 0 N–H and O–H groups in total. The Balaban J connectivity index is 2.64. The van der Waals surface area contributed by atoms with Crippen molar-refractivity contribution in [2.75, 3.05) is 26.2 Å². The minimum atomic E-state index is 0.00512. The number of piperazine rings is 1. The number of allylic oxidation sites excluding steroid dienone is 5. The average molecular weight is 244 g/mol. The van der Waals surface area contributed by atoms with Crippen molar-refractivity contribution >= 4 is 5.91 Å². The second-order valence-electron chi connectivity index (χ2n) is 3.94. The maximum Gasteiger partial charge on any atom is 0.246 e. The first-order valence-corrected chi connectivity index (χ1v) is 6.01. The van der Waals surface area contributed by atoms with Gasteiger partial charge in [-0.25, -0.2) is 0 Å². The van der Waals surface area contributed by atoms with Gasteiger partial charge in [0.25, 0.3) is 0 Å². The van der Waals surface area contributed by atoms with E-state index < -0.39 is 0 Å². The Morgan fingerprint density at radius 3 is 2.06 bits per heavy atom. The zero-order chi connectivity index (χ0) is 13.4. The van der Waals surface area contributed by atoms with Gasteiger partial charge in [-0.3, -0.25) is 4.79 Å². The van der Waals surface area contributed by atoms with Gasteiger partial charge < -0.3 is 9.80 Å². The van der Waals surface area contributed by atoms with E-state index >= 15 is 0 Å². The molecule has 0 aromatic heterocycles. The highest BCUT2D eigenvalue weighted by Gasteiger charge is 2.19. The molecule has 3 nitrogen and oxygen atoms in total. The zero-order valence-electron chi connectivity index (χ0n) is 10.7. The second-order valence-corrected chi connectivity index (χ2v) is 3.94. The van der Waals surface area contributed by atoms with Crippen molar-refractivity contribution < 1.29 is 4.79 Å². The normalized spacial score (nSPS) is 16.8. The van der Waals surface area contributed by atoms with Crippen molar-refractivity contribution in [3.63, 3.8) is 0 Å². The van der Waals surface area contributed by atoms with E-state index in [4.69, 9.17) is 0 Å². The maximum absolute atomic E-state index is 11.5. The summed E-state index contributed by atoms with van der Waals surface area (Å²) in [5.74, 6) is 0.00512. The maximum atomic E-state index is 11.5. The summed E-state index contributed by atoms with van der Waals surface area (Å²) < 4.78 is 0. The number of hydrogen-bond acceptors (Lipinski definition) is 2. The van der Waals surface area contributed by atoms with E-state index in [2.05, 4.69) is 24.6 Å². The van der Waals surface area contributed by atoms with Gasteiger partial charge in [-0.1, -0.05) is 38.0 Å². The largest absolute Gasteiger partial charge is 0.368 e. The van der Waals surface area contributed by atoms with Gasteiger partial charge in [0.1, 0.15) is 0 Å². The first-order chi connectivity index (χ1) is 8.72. The van der Waals surface area contributed by atoms with E-state index in [1.165, 1.54) is 6.08 Å². The van der Waals surface area contributed by atoms with E-state index in [-0.39, 0.29) is 5.91 Å². The quantitative estimate of drug-likeness (QED) is 0.546. The van der Waals surface area contributed by atoms with Crippen molar-refractivity contribution in [3.05, 3.63) is 61.9 Å². The van der Waals surface area contributed by atoms with Crippen molar-refractivity contribution in [1.82, 2.24) is 9.80 Å². The number of carbonyl (C=O) groups excluding carboxylic acids is 1. The molecule has 1 amide bonds. The number of carbonyl (C=O) groups is 1. The van der Waals surface area contributed by atoms with Crippen LogP contribution in [0, 0.1) is 0 Å². The van der Waals surface area contributed by atoms with Gasteiger partial charge in [0.15, 0.2) is 0 Å². The molecule has 1 rings (SSSR count). The Hall–Kier alpha value is -2.03. The number of amides is 1. The van der Waals surface area contributed by atoms with Crippen molar-refractivity contribution in [1.29, 1.82) is 0 Å². The third kappa shape index (κ3) is 3.77. The monoisotopic (exact) mass is 244 g/mol. The molecule has 1 fully saturated rings. The lowest BCUT2D eigenvalue weighted by molar-refractivity contribution is -0.127. The summed E-state index contributed by atoms with van der Waals surface area (Å²) in [5.41, 5.74) is 1.09. The molecule has 1 aliphatic rings. The van der Waals surface area contributed by atoms with Crippen LogP contribution in [0.5, 0.6) is 0 Å². The van der Waals surface area contributed by atoms with Crippen LogP contribution in [0.2, 0.25) is 0 Å². The van der Waals surface area contributed by atoms with Gasteiger partial charge in [-0.2, -0.15) is 0 Å². The van der Waals surface area contributed by atoms with Crippen LogP contribution >= 0.6 is 0 Å². The summed E-state index contributed by atoms with van der Waals surface area (Å²) in [6, 6.07) is 0. The van der Waals surface area contributed by atoms with Gasteiger partial charge in [-0.05, 0) is 18.2 Å². The average Bonchev–Trinajstić information content (AvgIpc) is 2.43. The molecule has 0 unspecified atom stereocenters. The fourth-order valence-corrected chi connectivity index (χ4v) is 1.87. The molecule has 1 aliphatic heterocycles. The SMILES string of the molecule is C=C/C=C\C(=C/C=C)N1CCN(C(=O)C=C)CC1. The summed E-state index contributed by atoms with van der Waals surface area (Å²) in [6.45, 7) is 14.0. The molecule has 0 bridgehead atoms. The van der Waals surface area contributed by atoms with Crippen LogP contribution < -0.4 is 0 Å². The highest BCUT2D eigenvalue weighted by Crippen LogP contribution is 2.11. The van der Waals surface area contributed by atoms with Gasteiger partial charge in [0.05, 0.1) is 0 Å². The summed E-state index contributed by atoms with van der Waals surface area (Å²) in [5, 5.41) is 0. The Labute approximate surface area is 109 Å². The fraction of sp³-hybridized carbons (Fsp3) is 0.267. The van der Waals surface area contributed by atoms with Crippen LogP contribution in [0.1, 0.15) is 0 Å². The van der Waals surface area contributed by atoms with Crippen LogP contribution in [0.25, 0.3) is 0 Å². The third-order valence-corrected chi connectivity index (χ3v) is 2.82. The lowest BCUT2D eigenvalue weighted by Gasteiger charge is -2.36. The molecule has 1 saturated heterocycles. The van der Waals surface area contributed by atoms with Crippen LogP contribution in [-0.2, 0) is 4.79 Å². The van der Waals surface area contributed by atoms with Gasteiger partial charge in [0, 0.05) is 31.9 Å². The van der Waals surface area contributed by atoms with Gasteiger partial charge in [0.2, 0.25) is 5.91 Å². The molecule has 1 heterocycles. The summed E-state index contributed by atoms with van der Waals surface area (Å²) >= 11 is 0. The van der Waals surface area contributed by atoms with Gasteiger partial charge in [-0.15, -0.1) is 0 Å². The lowest BCUT2D eigenvalue weighted by atomic mass is 10.2. The molecule has 0 atom stereocenters. The smallest absolute Gasteiger partial charge is 0.246 e. The minimum absolute atomic E-state index is 0.00512. The summed E-state index contributed by atoms with van der Waals surface area (Å²) in [4.78, 5) is 15.5. The fourth-order valence-electron chi connectivity index (χ4n) is 1.87. The molecule has 0 radical (unpaired) electrons. The van der Waals surface area contributed by atoms with Gasteiger partial charge >= 0.3 is 0 Å². The minimum Gasteiger partial charge on any atom is -0.368 e. The Morgan fingerprint density at radius 1 is 0.944 bits per heavy atom. The Kier molecular flexibility index (Phi) is 5.71. The molecule has 3 heteroatoms. The molecule has 18 heavy (non-hydrogen) atoms. The molecule has 0 aliphatic carbocycles. The lowest BCUT2D eigenvalue weighted by Crippen LogP contribution is -2.47. The highest BCUT2D eigenvalue weighted by molar-refractivity contribution is 5.87. The van der Waals surface area contributed by atoms with Crippen molar-refractivity contribution in [2.45, 2.75) is 0 Å². The van der Waals surface area contributed by atoms with E-state index in [9.17, 15) is 4.79 Å². The van der Waals surface area contributed by atoms with E-state index in [1.54, 1.807) is 12.2 Å². The topological polar surface area (TPSA) is 23.6 Å². The van der Waals surface area contributed by atoms with Crippen LogP contribution in [0.3, 0.4) is 0 Å². The molecule has 0 aromatic rings. The second kappa shape index (κ2) is 7.33. The van der Waals surface area contributed by atoms with Crippen LogP contribution in [0.15, 0.2) is 61.9 Å². The summed E-state index contributed by atoms with van der Waals surface area (Å²) in [6.07, 6.45) is 10.7.